The molecule has 5 heteroatoms. The Morgan fingerprint density at radius 3 is 2.55 bits per heavy atom. The number of ketones is 1. The summed E-state index contributed by atoms with van der Waals surface area (Å²) in [6, 6.07) is 4.28. The van der Waals surface area contributed by atoms with E-state index in [1.807, 2.05) is 6.20 Å². The second kappa shape index (κ2) is 8.25. The van der Waals surface area contributed by atoms with Gasteiger partial charge in [0.15, 0.2) is 5.78 Å². The van der Waals surface area contributed by atoms with E-state index < -0.39 is 0 Å². The molecule has 1 aromatic heterocycles. The fraction of sp³-hybridized carbons (Fsp3) is 0.647. The molecule has 0 bridgehead atoms. The maximum atomic E-state index is 11.1. The molecule has 1 N–H and O–H groups in total. The van der Waals surface area contributed by atoms with Gasteiger partial charge < -0.3 is 10.0 Å². The molecule has 1 aromatic rings. The van der Waals surface area contributed by atoms with Gasteiger partial charge in [0, 0.05) is 38.3 Å². The van der Waals surface area contributed by atoms with Crippen LogP contribution in [0.2, 0.25) is 0 Å². The molecule has 0 saturated carbocycles. The van der Waals surface area contributed by atoms with Crippen LogP contribution in [0.3, 0.4) is 0 Å². The van der Waals surface area contributed by atoms with Crippen molar-refractivity contribution in [3.8, 4) is 0 Å². The SMILES string of the molecule is CC(C)c1ccc(N2CCN(CCCC(=O)CO)CC2)cn1. The van der Waals surface area contributed by atoms with Crippen LogP contribution in [0.15, 0.2) is 18.3 Å². The van der Waals surface area contributed by atoms with Crippen molar-refractivity contribution in [3.05, 3.63) is 24.0 Å². The molecule has 5 nitrogen and oxygen atoms in total. The van der Waals surface area contributed by atoms with Crippen molar-refractivity contribution in [2.24, 2.45) is 0 Å². The Hall–Kier alpha value is -1.46. The lowest BCUT2D eigenvalue weighted by molar-refractivity contribution is -0.121. The predicted molar refractivity (Wildman–Crippen MR) is 88.3 cm³/mol. The number of hydrogen-bond donors (Lipinski definition) is 1. The normalized spacial score (nSPS) is 16.3. The Balaban J connectivity index is 1.75. The maximum Gasteiger partial charge on any atom is 0.158 e. The molecule has 1 fully saturated rings. The summed E-state index contributed by atoms with van der Waals surface area (Å²) < 4.78 is 0. The highest BCUT2D eigenvalue weighted by molar-refractivity contribution is 5.79. The molecule has 0 spiro atoms. The van der Waals surface area contributed by atoms with Crippen molar-refractivity contribution < 1.29 is 9.90 Å². The third kappa shape index (κ3) is 4.78. The summed E-state index contributed by atoms with van der Waals surface area (Å²) >= 11 is 0. The van der Waals surface area contributed by atoms with Crippen LogP contribution >= 0.6 is 0 Å². The van der Waals surface area contributed by atoms with E-state index in [-0.39, 0.29) is 12.4 Å². The Labute approximate surface area is 132 Å². The molecule has 0 atom stereocenters. The second-order valence-corrected chi connectivity index (χ2v) is 6.22. The van der Waals surface area contributed by atoms with Gasteiger partial charge in [0.1, 0.15) is 6.61 Å². The quantitative estimate of drug-likeness (QED) is 0.830. The molecule has 0 aliphatic carbocycles. The number of aliphatic hydroxyl groups is 1. The number of hydrogen-bond acceptors (Lipinski definition) is 5. The van der Waals surface area contributed by atoms with Crippen LogP contribution in [0.25, 0.3) is 0 Å². The van der Waals surface area contributed by atoms with E-state index in [0.29, 0.717) is 12.3 Å². The third-order valence-corrected chi connectivity index (χ3v) is 4.21. The summed E-state index contributed by atoms with van der Waals surface area (Å²) in [6.45, 7) is 8.94. The van der Waals surface area contributed by atoms with Gasteiger partial charge in [0.05, 0.1) is 11.9 Å². The number of piperazine rings is 1. The molecule has 0 unspecified atom stereocenters. The van der Waals surface area contributed by atoms with Gasteiger partial charge >= 0.3 is 0 Å². The highest BCUT2D eigenvalue weighted by atomic mass is 16.3. The molecule has 1 aliphatic heterocycles. The monoisotopic (exact) mass is 305 g/mol. The first-order valence-corrected chi connectivity index (χ1v) is 8.16. The predicted octanol–water partition coefficient (Wildman–Crippen LogP) is 1.67. The van der Waals surface area contributed by atoms with Crippen molar-refractivity contribution in [3.63, 3.8) is 0 Å². The van der Waals surface area contributed by atoms with Crippen molar-refractivity contribution in [1.29, 1.82) is 0 Å². The topological polar surface area (TPSA) is 56.7 Å². The Bertz CT molecular complexity index is 465. The van der Waals surface area contributed by atoms with E-state index in [9.17, 15) is 4.79 Å². The molecule has 2 rings (SSSR count). The molecular formula is C17H27N3O2. The minimum atomic E-state index is -0.326. The summed E-state index contributed by atoms with van der Waals surface area (Å²) in [6.07, 6.45) is 3.30. The number of aliphatic hydroxyl groups excluding tert-OH is 1. The average molecular weight is 305 g/mol. The Morgan fingerprint density at radius 2 is 2.00 bits per heavy atom. The third-order valence-electron chi connectivity index (χ3n) is 4.21. The highest BCUT2D eigenvalue weighted by Crippen LogP contribution is 2.18. The van der Waals surface area contributed by atoms with Gasteiger partial charge in [-0.05, 0) is 31.0 Å². The van der Waals surface area contributed by atoms with Crippen LogP contribution in [0, 0.1) is 0 Å². The van der Waals surface area contributed by atoms with E-state index in [0.717, 1.165) is 44.8 Å². The molecular weight excluding hydrogens is 278 g/mol. The van der Waals surface area contributed by atoms with Crippen LogP contribution < -0.4 is 4.90 Å². The largest absolute Gasteiger partial charge is 0.389 e. The van der Waals surface area contributed by atoms with Crippen LogP contribution in [0.4, 0.5) is 5.69 Å². The van der Waals surface area contributed by atoms with Crippen molar-refractivity contribution >= 4 is 11.5 Å². The number of pyridine rings is 1. The lowest BCUT2D eigenvalue weighted by Crippen LogP contribution is -2.46. The molecule has 122 valence electrons. The van der Waals surface area contributed by atoms with E-state index in [4.69, 9.17) is 5.11 Å². The van der Waals surface area contributed by atoms with Gasteiger partial charge in [-0.2, -0.15) is 0 Å². The number of carbonyl (C=O) groups is 1. The number of carbonyl (C=O) groups excluding carboxylic acids is 1. The lowest BCUT2D eigenvalue weighted by atomic mass is 10.1. The highest BCUT2D eigenvalue weighted by Gasteiger charge is 2.17. The minimum absolute atomic E-state index is 0.0602. The number of nitrogens with zero attached hydrogens (tertiary/aromatic N) is 3. The van der Waals surface area contributed by atoms with Crippen LogP contribution in [-0.4, -0.2) is 60.1 Å². The van der Waals surface area contributed by atoms with E-state index >= 15 is 0 Å². The smallest absolute Gasteiger partial charge is 0.158 e. The minimum Gasteiger partial charge on any atom is -0.389 e. The van der Waals surface area contributed by atoms with Crippen LogP contribution in [-0.2, 0) is 4.79 Å². The van der Waals surface area contributed by atoms with Crippen LogP contribution in [0.1, 0.15) is 38.3 Å². The zero-order valence-electron chi connectivity index (χ0n) is 13.7. The molecule has 0 amide bonds. The number of anilines is 1. The van der Waals surface area contributed by atoms with Crippen molar-refractivity contribution in [2.75, 3.05) is 44.2 Å². The number of Topliss-reactive ketones (excluding diaryl/α,β-unsaturated/α-hetero) is 1. The molecule has 0 aromatic carbocycles. The van der Waals surface area contributed by atoms with E-state index in [1.54, 1.807) is 0 Å². The van der Waals surface area contributed by atoms with E-state index in [2.05, 4.69) is 40.8 Å². The first kappa shape index (κ1) is 16.9. The van der Waals surface area contributed by atoms with Gasteiger partial charge in [-0.3, -0.25) is 14.7 Å². The summed E-state index contributed by atoms with van der Waals surface area (Å²) in [5.74, 6) is 0.405. The zero-order chi connectivity index (χ0) is 15.9. The van der Waals surface area contributed by atoms with Gasteiger partial charge in [0.2, 0.25) is 0 Å². The molecule has 2 heterocycles. The van der Waals surface area contributed by atoms with Crippen molar-refractivity contribution in [2.45, 2.75) is 32.6 Å². The second-order valence-electron chi connectivity index (χ2n) is 6.22. The zero-order valence-corrected chi connectivity index (χ0v) is 13.7. The lowest BCUT2D eigenvalue weighted by Gasteiger charge is -2.36. The molecule has 1 aliphatic rings. The first-order valence-electron chi connectivity index (χ1n) is 8.16. The van der Waals surface area contributed by atoms with Crippen LogP contribution in [0.5, 0.6) is 0 Å². The Kier molecular flexibility index (Phi) is 6.34. The molecule has 1 saturated heterocycles. The first-order chi connectivity index (χ1) is 10.6. The fourth-order valence-electron chi connectivity index (χ4n) is 2.73. The fourth-order valence-corrected chi connectivity index (χ4v) is 2.73. The summed E-state index contributed by atoms with van der Waals surface area (Å²) in [5, 5.41) is 8.71. The standard InChI is InChI=1S/C17H27N3O2/c1-14(2)17-6-5-15(12-18-17)20-10-8-19(9-11-20)7-3-4-16(22)13-21/h5-6,12,14,21H,3-4,7-11,13H2,1-2H3. The molecule has 0 radical (unpaired) electrons. The summed E-state index contributed by atoms with van der Waals surface area (Å²) in [5.41, 5.74) is 2.33. The van der Waals surface area contributed by atoms with Crippen molar-refractivity contribution in [1.82, 2.24) is 9.88 Å². The maximum absolute atomic E-state index is 11.1. The van der Waals surface area contributed by atoms with Gasteiger partial charge in [-0.15, -0.1) is 0 Å². The molecule has 22 heavy (non-hydrogen) atoms. The Morgan fingerprint density at radius 1 is 1.27 bits per heavy atom. The average Bonchev–Trinajstić information content (AvgIpc) is 2.55. The number of aromatic nitrogens is 1. The van der Waals surface area contributed by atoms with E-state index in [1.165, 1.54) is 5.69 Å². The van der Waals surface area contributed by atoms with Gasteiger partial charge in [0.25, 0.3) is 0 Å². The summed E-state index contributed by atoms with van der Waals surface area (Å²) in [7, 11) is 0. The summed E-state index contributed by atoms with van der Waals surface area (Å²) in [4.78, 5) is 20.4. The number of rotatable bonds is 7. The van der Waals surface area contributed by atoms with Gasteiger partial charge in [-0.25, -0.2) is 0 Å². The van der Waals surface area contributed by atoms with Gasteiger partial charge in [-0.1, -0.05) is 13.8 Å².